The molecule has 0 aromatic heterocycles. The van der Waals surface area contributed by atoms with Crippen molar-refractivity contribution in [3.63, 3.8) is 0 Å². The molecule has 0 aliphatic heterocycles. The maximum absolute atomic E-state index is 5.57. The van der Waals surface area contributed by atoms with Crippen LogP contribution in [0.25, 0.3) is 0 Å². The molecule has 2 aromatic carbocycles. The van der Waals surface area contributed by atoms with Crippen LogP contribution in [0.15, 0.2) is 68.1 Å². The second-order valence-electron chi connectivity index (χ2n) is 3.59. The van der Waals surface area contributed by atoms with Gasteiger partial charge in [0.05, 0.1) is 0 Å². The monoisotopic (exact) mass is 326 g/mol. The van der Waals surface area contributed by atoms with Crippen molar-refractivity contribution in [2.45, 2.75) is 19.6 Å². The Morgan fingerprint density at radius 2 is 0.895 bits per heavy atom. The van der Waals surface area contributed by atoms with Crippen molar-refractivity contribution in [3.05, 3.63) is 48.5 Å². The first-order valence-corrected chi connectivity index (χ1v) is 9.54. The largest absolute Gasteiger partial charge is 0.237 e. The van der Waals surface area contributed by atoms with Gasteiger partial charge in [-0.2, -0.15) is 0 Å². The minimum atomic E-state index is 1.12. The fraction of sp³-hybridized carbons (Fsp3) is 0.143. The Balaban J connectivity index is 1.81. The normalized spacial score (nSPS) is 10.6. The fourth-order valence-electron chi connectivity index (χ4n) is 1.36. The van der Waals surface area contributed by atoms with E-state index in [-0.39, 0.29) is 0 Å². The highest BCUT2D eigenvalue weighted by atomic mass is 32.2. The van der Waals surface area contributed by atoms with Gasteiger partial charge in [-0.1, -0.05) is 0 Å². The summed E-state index contributed by atoms with van der Waals surface area (Å²) in [5, 5.41) is 0. The fourth-order valence-corrected chi connectivity index (χ4v) is 3.43. The van der Waals surface area contributed by atoms with Gasteiger partial charge in [-0.05, 0) is 61.0 Å². The van der Waals surface area contributed by atoms with Crippen LogP contribution in [0.3, 0.4) is 0 Å². The Bertz CT molecular complexity index is 448. The van der Waals surface area contributed by atoms with Crippen molar-refractivity contribution in [1.29, 1.82) is 0 Å². The number of hydrogen-bond acceptors (Lipinski definition) is 5. The van der Waals surface area contributed by atoms with Crippen LogP contribution >= 0.6 is 47.6 Å². The van der Waals surface area contributed by atoms with Crippen molar-refractivity contribution >= 4 is 47.6 Å². The highest BCUT2D eigenvalue weighted by Crippen LogP contribution is 2.31. The molecule has 0 heterocycles. The molecular formula is C14H14OS4. The molecular weight excluding hydrogens is 312 g/mol. The zero-order valence-electron chi connectivity index (χ0n) is 10.7. The lowest BCUT2D eigenvalue weighted by Gasteiger charge is -2.03. The average molecular weight is 327 g/mol. The molecule has 0 spiro atoms. The van der Waals surface area contributed by atoms with Crippen LogP contribution in [0, 0.1) is 0 Å². The van der Waals surface area contributed by atoms with Gasteiger partial charge < -0.3 is 0 Å². The van der Waals surface area contributed by atoms with E-state index in [0.29, 0.717) is 0 Å². The van der Waals surface area contributed by atoms with Gasteiger partial charge in [-0.3, -0.25) is 0 Å². The van der Waals surface area contributed by atoms with Gasteiger partial charge in [0.2, 0.25) is 0 Å². The lowest BCUT2D eigenvalue weighted by molar-refractivity contribution is 0.756. The third-order valence-electron chi connectivity index (χ3n) is 2.38. The van der Waals surface area contributed by atoms with E-state index in [9.17, 15) is 0 Å². The summed E-state index contributed by atoms with van der Waals surface area (Å²) in [4.78, 5) is 4.77. The molecule has 2 rings (SSSR count). The standard InChI is InChI=1S/C14H14OS4/c1-16-11-3-7-13(8-4-11)18-15-19-14-9-5-12(17-2)6-10-14/h3-10H,1-2H3. The van der Waals surface area contributed by atoms with Crippen LogP contribution in [0.5, 0.6) is 0 Å². The first-order valence-electron chi connectivity index (χ1n) is 5.61. The van der Waals surface area contributed by atoms with Crippen molar-refractivity contribution < 1.29 is 3.63 Å². The van der Waals surface area contributed by atoms with Crippen molar-refractivity contribution in [2.75, 3.05) is 12.5 Å². The summed E-state index contributed by atoms with van der Waals surface area (Å²) in [6.45, 7) is 0. The second-order valence-corrected chi connectivity index (χ2v) is 7.17. The van der Waals surface area contributed by atoms with E-state index in [4.69, 9.17) is 3.63 Å². The van der Waals surface area contributed by atoms with Gasteiger partial charge in [0, 0.05) is 43.7 Å². The Morgan fingerprint density at radius 3 is 1.21 bits per heavy atom. The minimum absolute atomic E-state index is 1.12. The van der Waals surface area contributed by atoms with Crippen LogP contribution < -0.4 is 0 Å². The van der Waals surface area contributed by atoms with Crippen molar-refractivity contribution in [3.8, 4) is 0 Å². The van der Waals surface area contributed by atoms with Crippen LogP contribution in [0.2, 0.25) is 0 Å². The van der Waals surface area contributed by atoms with E-state index in [1.54, 1.807) is 23.5 Å². The topological polar surface area (TPSA) is 9.23 Å². The molecule has 0 radical (unpaired) electrons. The predicted molar refractivity (Wildman–Crippen MR) is 89.2 cm³/mol. The molecule has 0 atom stereocenters. The SMILES string of the molecule is CSc1ccc(SOSc2ccc(SC)cc2)cc1. The molecule has 1 nitrogen and oxygen atoms in total. The zero-order chi connectivity index (χ0) is 13.5. The van der Waals surface area contributed by atoms with Crippen LogP contribution in [0.1, 0.15) is 0 Å². The third-order valence-corrected chi connectivity index (χ3v) is 5.34. The number of thioether (sulfide) groups is 2. The van der Waals surface area contributed by atoms with Gasteiger partial charge in [0.1, 0.15) is 0 Å². The second kappa shape index (κ2) is 8.17. The Kier molecular flexibility index (Phi) is 6.53. The molecule has 0 unspecified atom stereocenters. The van der Waals surface area contributed by atoms with E-state index in [2.05, 4.69) is 61.0 Å². The summed E-state index contributed by atoms with van der Waals surface area (Å²) >= 11 is 6.27. The van der Waals surface area contributed by atoms with Gasteiger partial charge in [0.25, 0.3) is 0 Å². The maximum atomic E-state index is 5.57. The molecule has 0 bridgehead atoms. The highest BCUT2D eigenvalue weighted by Gasteiger charge is 1.99. The molecule has 2 aromatic rings. The summed E-state index contributed by atoms with van der Waals surface area (Å²) in [5.41, 5.74) is 0. The summed E-state index contributed by atoms with van der Waals surface area (Å²) in [6.07, 6.45) is 4.15. The smallest absolute Gasteiger partial charge is 0.0447 e. The van der Waals surface area contributed by atoms with E-state index in [1.165, 1.54) is 33.9 Å². The third kappa shape index (κ3) is 5.00. The quantitative estimate of drug-likeness (QED) is 0.484. The summed E-state index contributed by atoms with van der Waals surface area (Å²) < 4.78 is 5.57. The molecule has 0 N–H and O–H groups in total. The first kappa shape index (κ1) is 15.2. The van der Waals surface area contributed by atoms with Crippen molar-refractivity contribution in [2.24, 2.45) is 0 Å². The molecule has 19 heavy (non-hydrogen) atoms. The highest BCUT2D eigenvalue weighted by molar-refractivity contribution is 8.08. The zero-order valence-corrected chi connectivity index (χ0v) is 13.9. The number of hydrogen-bond donors (Lipinski definition) is 0. The van der Waals surface area contributed by atoms with Crippen LogP contribution in [-0.2, 0) is 3.63 Å². The number of rotatable bonds is 6. The Morgan fingerprint density at radius 1 is 0.579 bits per heavy atom. The van der Waals surface area contributed by atoms with E-state index < -0.39 is 0 Å². The predicted octanol–water partition coefficient (Wildman–Crippen LogP) is 5.86. The molecule has 0 saturated heterocycles. The van der Waals surface area contributed by atoms with Crippen LogP contribution in [-0.4, -0.2) is 12.5 Å². The molecule has 0 fully saturated rings. The van der Waals surface area contributed by atoms with E-state index >= 15 is 0 Å². The molecule has 100 valence electrons. The molecule has 0 saturated carbocycles. The average Bonchev–Trinajstić information content (AvgIpc) is 2.49. The molecule has 0 amide bonds. The molecule has 0 aliphatic carbocycles. The van der Waals surface area contributed by atoms with E-state index in [0.717, 1.165) is 9.79 Å². The van der Waals surface area contributed by atoms with Gasteiger partial charge in [-0.15, -0.1) is 23.5 Å². The minimum Gasteiger partial charge on any atom is -0.237 e. The molecule has 5 heteroatoms. The lowest BCUT2D eigenvalue weighted by Crippen LogP contribution is -1.75. The lowest BCUT2D eigenvalue weighted by atomic mass is 10.4. The Hall–Kier alpha value is -0.200. The number of benzene rings is 2. The van der Waals surface area contributed by atoms with Crippen molar-refractivity contribution in [1.82, 2.24) is 0 Å². The Labute approximate surface area is 131 Å². The summed E-state index contributed by atoms with van der Waals surface area (Å²) in [6, 6.07) is 16.7. The summed E-state index contributed by atoms with van der Waals surface area (Å²) in [7, 11) is 0. The first-order chi connectivity index (χ1) is 9.31. The summed E-state index contributed by atoms with van der Waals surface area (Å²) in [5.74, 6) is 0. The van der Waals surface area contributed by atoms with E-state index in [1.807, 2.05) is 0 Å². The van der Waals surface area contributed by atoms with Gasteiger partial charge in [-0.25, -0.2) is 3.63 Å². The maximum Gasteiger partial charge on any atom is 0.0447 e. The molecule has 0 aliphatic rings. The van der Waals surface area contributed by atoms with Crippen LogP contribution in [0.4, 0.5) is 0 Å². The van der Waals surface area contributed by atoms with Gasteiger partial charge >= 0.3 is 0 Å². The van der Waals surface area contributed by atoms with Gasteiger partial charge in [0.15, 0.2) is 0 Å².